The molecule has 0 bridgehead atoms. The number of ether oxygens (including phenoxy) is 2. The van der Waals surface area contributed by atoms with E-state index in [1.807, 2.05) is 32.0 Å². The number of rotatable bonds is 8. The molecule has 1 amide bonds. The van der Waals surface area contributed by atoms with Gasteiger partial charge in [0.1, 0.15) is 0 Å². The lowest BCUT2D eigenvalue weighted by molar-refractivity contribution is -0.126. The Labute approximate surface area is 155 Å². The molecule has 1 aliphatic carbocycles. The smallest absolute Gasteiger partial charge is 0.261 e. The van der Waals surface area contributed by atoms with Crippen molar-refractivity contribution in [2.24, 2.45) is 11.1 Å². The Balaban J connectivity index is 1.81. The number of carbonyl (C=O) groups excluding carboxylic acids is 1. The summed E-state index contributed by atoms with van der Waals surface area (Å²) in [5, 5.41) is 6.91. The molecule has 0 saturated heterocycles. The molecule has 1 fully saturated rings. The Morgan fingerprint density at radius 1 is 1.31 bits per heavy atom. The van der Waals surface area contributed by atoms with E-state index in [1.54, 1.807) is 13.3 Å². The first-order chi connectivity index (χ1) is 12.5. The quantitative estimate of drug-likeness (QED) is 0.567. The molecular formula is C20H30N2O4. The molecule has 1 saturated carbocycles. The highest BCUT2D eigenvalue weighted by atomic mass is 16.6. The van der Waals surface area contributed by atoms with Gasteiger partial charge in [0, 0.05) is 11.6 Å². The minimum Gasteiger partial charge on any atom is -0.493 e. The molecule has 0 unspecified atom stereocenters. The van der Waals surface area contributed by atoms with Crippen LogP contribution in [0, 0.1) is 5.92 Å². The van der Waals surface area contributed by atoms with Crippen molar-refractivity contribution >= 4 is 12.1 Å². The topological polar surface area (TPSA) is 69.2 Å². The van der Waals surface area contributed by atoms with Crippen LogP contribution in [0.1, 0.15) is 52.0 Å². The highest BCUT2D eigenvalue weighted by Gasteiger charge is 2.22. The second-order valence-corrected chi connectivity index (χ2v) is 7.02. The molecule has 1 N–H and O–H groups in total. The number of nitrogens with one attached hydrogen (secondary N) is 1. The summed E-state index contributed by atoms with van der Waals surface area (Å²) < 4.78 is 11.0. The van der Waals surface area contributed by atoms with Gasteiger partial charge >= 0.3 is 0 Å². The summed E-state index contributed by atoms with van der Waals surface area (Å²) in [7, 11) is 1.59. The van der Waals surface area contributed by atoms with E-state index in [-0.39, 0.29) is 24.7 Å². The first-order valence-electron chi connectivity index (χ1n) is 9.29. The van der Waals surface area contributed by atoms with Crippen LogP contribution in [-0.4, -0.2) is 38.0 Å². The van der Waals surface area contributed by atoms with Crippen LogP contribution in [0.3, 0.4) is 0 Å². The van der Waals surface area contributed by atoms with E-state index < -0.39 is 0 Å². The standard InChI is InChI=1S/C20H30N2O4/c1-14(2)26-18-10-9-16(11-19(18)24-4)12-21-25-13-20(23)22-17-8-6-5-7-15(17)3/h9-12,14-15,17H,5-8,13H2,1-4H3,(H,22,23)/b21-12-/t15-,17+/m0/s1. The van der Waals surface area contributed by atoms with Crippen molar-refractivity contribution in [2.45, 2.75) is 58.6 Å². The monoisotopic (exact) mass is 362 g/mol. The second kappa shape index (κ2) is 10.0. The van der Waals surface area contributed by atoms with Crippen LogP contribution in [-0.2, 0) is 9.63 Å². The lowest BCUT2D eigenvalue weighted by Crippen LogP contribution is -2.42. The zero-order chi connectivity index (χ0) is 18.9. The van der Waals surface area contributed by atoms with Crippen LogP contribution >= 0.6 is 0 Å². The zero-order valence-electron chi connectivity index (χ0n) is 16.2. The van der Waals surface area contributed by atoms with Crippen molar-refractivity contribution in [1.82, 2.24) is 5.32 Å². The van der Waals surface area contributed by atoms with Gasteiger partial charge in [-0.25, -0.2) is 0 Å². The minimum absolute atomic E-state index is 0.0668. The van der Waals surface area contributed by atoms with Gasteiger partial charge < -0.3 is 19.6 Å². The van der Waals surface area contributed by atoms with E-state index in [0.29, 0.717) is 17.4 Å². The molecule has 6 nitrogen and oxygen atoms in total. The van der Waals surface area contributed by atoms with Crippen molar-refractivity contribution in [3.8, 4) is 11.5 Å². The average Bonchev–Trinajstić information content (AvgIpc) is 2.61. The fourth-order valence-electron chi connectivity index (χ4n) is 3.09. The molecule has 0 aliphatic heterocycles. The van der Waals surface area contributed by atoms with Crippen molar-refractivity contribution in [1.29, 1.82) is 0 Å². The number of amides is 1. The molecule has 6 heteroatoms. The maximum absolute atomic E-state index is 12.0. The number of nitrogens with zero attached hydrogens (tertiary/aromatic N) is 1. The van der Waals surface area contributed by atoms with E-state index in [0.717, 1.165) is 12.0 Å². The van der Waals surface area contributed by atoms with Crippen molar-refractivity contribution in [2.75, 3.05) is 13.7 Å². The highest BCUT2D eigenvalue weighted by Crippen LogP contribution is 2.28. The van der Waals surface area contributed by atoms with Crippen molar-refractivity contribution in [3.63, 3.8) is 0 Å². The third-order valence-electron chi connectivity index (χ3n) is 4.48. The van der Waals surface area contributed by atoms with Crippen LogP contribution in [0.25, 0.3) is 0 Å². The van der Waals surface area contributed by atoms with Crippen LogP contribution in [0.5, 0.6) is 11.5 Å². The number of carbonyl (C=O) groups is 1. The molecule has 1 aromatic rings. The fourth-order valence-corrected chi connectivity index (χ4v) is 3.09. The Kier molecular flexibility index (Phi) is 7.75. The van der Waals surface area contributed by atoms with Gasteiger partial charge in [0.2, 0.25) is 0 Å². The summed E-state index contributed by atoms with van der Waals surface area (Å²) in [5.74, 6) is 1.71. The highest BCUT2D eigenvalue weighted by molar-refractivity contribution is 5.81. The Morgan fingerprint density at radius 2 is 2.08 bits per heavy atom. The summed E-state index contributed by atoms with van der Waals surface area (Å²) in [5.41, 5.74) is 0.805. The number of oxime groups is 1. The van der Waals surface area contributed by atoms with E-state index >= 15 is 0 Å². The van der Waals surface area contributed by atoms with E-state index in [1.165, 1.54) is 19.3 Å². The Bertz CT molecular complexity index is 616. The third-order valence-corrected chi connectivity index (χ3v) is 4.48. The van der Waals surface area contributed by atoms with Crippen molar-refractivity contribution in [3.05, 3.63) is 23.8 Å². The van der Waals surface area contributed by atoms with E-state index in [2.05, 4.69) is 17.4 Å². The van der Waals surface area contributed by atoms with Crippen LogP contribution in [0.4, 0.5) is 0 Å². The summed E-state index contributed by atoms with van der Waals surface area (Å²) in [6, 6.07) is 5.75. The second-order valence-electron chi connectivity index (χ2n) is 7.02. The van der Waals surface area contributed by atoms with Gasteiger partial charge in [-0.05, 0) is 50.8 Å². The van der Waals surface area contributed by atoms with Crippen molar-refractivity contribution < 1.29 is 19.1 Å². The molecule has 2 atom stereocenters. The number of hydrogen-bond donors (Lipinski definition) is 1. The molecule has 1 aromatic carbocycles. The molecule has 0 heterocycles. The van der Waals surface area contributed by atoms with Gasteiger partial charge in [0.25, 0.3) is 5.91 Å². The molecule has 2 rings (SSSR count). The third kappa shape index (κ3) is 6.24. The van der Waals surface area contributed by atoms with Gasteiger partial charge in [0.15, 0.2) is 18.1 Å². The Hall–Kier alpha value is -2.24. The van der Waals surface area contributed by atoms with Crippen LogP contribution in [0.2, 0.25) is 0 Å². The lowest BCUT2D eigenvalue weighted by Gasteiger charge is -2.29. The average molecular weight is 362 g/mol. The van der Waals surface area contributed by atoms with E-state index in [9.17, 15) is 4.79 Å². The summed E-state index contributed by atoms with van der Waals surface area (Å²) >= 11 is 0. The van der Waals surface area contributed by atoms with Gasteiger partial charge in [0.05, 0.1) is 19.4 Å². The van der Waals surface area contributed by atoms with Crippen LogP contribution < -0.4 is 14.8 Å². The van der Waals surface area contributed by atoms with Gasteiger partial charge in [-0.15, -0.1) is 0 Å². The van der Waals surface area contributed by atoms with Crippen LogP contribution in [0.15, 0.2) is 23.4 Å². The summed E-state index contributed by atoms with van der Waals surface area (Å²) in [6.07, 6.45) is 6.25. The largest absolute Gasteiger partial charge is 0.493 e. The molecule has 0 spiro atoms. The van der Waals surface area contributed by atoms with Gasteiger partial charge in [-0.2, -0.15) is 0 Å². The Morgan fingerprint density at radius 3 is 2.77 bits per heavy atom. The normalized spacial score (nSPS) is 20.2. The number of benzene rings is 1. The maximum Gasteiger partial charge on any atom is 0.261 e. The zero-order valence-corrected chi connectivity index (χ0v) is 16.2. The predicted molar refractivity (Wildman–Crippen MR) is 102 cm³/mol. The van der Waals surface area contributed by atoms with Gasteiger partial charge in [-0.1, -0.05) is 24.9 Å². The number of methoxy groups -OCH3 is 1. The fraction of sp³-hybridized carbons (Fsp3) is 0.600. The molecule has 26 heavy (non-hydrogen) atoms. The lowest BCUT2D eigenvalue weighted by atomic mass is 9.86. The van der Waals surface area contributed by atoms with Gasteiger partial charge in [-0.3, -0.25) is 4.79 Å². The SMILES string of the molecule is COc1cc(/C=N\OCC(=O)N[C@@H]2CCCC[C@@H]2C)ccc1OC(C)C. The molecule has 0 radical (unpaired) electrons. The first kappa shape index (κ1) is 20.1. The predicted octanol–water partition coefficient (Wildman–Crippen LogP) is 3.53. The molecule has 0 aromatic heterocycles. The molecular weight excluding hydrogens is 332 g/mol. The minimum atomic E-state index is -0.126. The molecule has 1 aliphatic rings. The summed E-state index contributed by atoms with van der Waals surface area (Å²) in [6.45, 7) is 6.03. The van der Waals surface area contributed by atoms with E-state index in [4.69, 9.17) is 14.3 Å². The summed E-state index contributed by atoms with van der Waals surface area (Å²) in [4.78, 5) is 17.1. The molecule has 144 valence electrons. The first-order valence-corrected chi connectivity index (χ1v) is 9.29. The number of hydrogen-bond acceptors (Lipinski definition) is 5. The maximum atomic E-state index is 12.0.